The molecule has 0 saturated carbocycles. The zero-order valence-electron chi connectivity index (χ0n) is 16.3. The van der Waals surface area contributed by atoms with E-state index in [1.807, 2.05) is 49.1 Å². The summed E-state index contributed by atoms with van der Waals surface area (Å²) in [4.78, 5) is 30.6. The molecule has 144 valence electrons. The zero-order chi connectivity index (χ0) is 19.4. The molecule has 2 aromatic rings. The first-order valence-corrected chi connectivity index (χ1v) is 9.44. The Morgan fingerprint density at radius 2 is 1.96 bits per heavy atom. The highest BCUT2D eigenvalue weighted by atomic mass is 16.5. The van der Waals surface area contributed by atoms with Gasteiger partial charge < -0.3 is 9.64 Å². The lowest BCUT2D eigenvalue weighted by Gasteiger charge is -2.33. The van der Waals surface area contributed by atoms with E-state index in [-0.39, 0.29) is 18.1 Å². The summed E-state index contributed by atoms with van der Waals surface area (Å²) in [5.74, 6) is 1.13. The number of likely N-dealkylation sites (tertiary alicyclic amines) is 1. The highest BCUT2D eigenvalue weighted by molar-refractivity contribution is 5.76. The Balaban J connectivity index is 1.58. The van der Waals surface area contributed by atoms with E-state index < -0.39 is 0 Å². The molecule has 0 spiro atoms. The van der Waals surface area contributed by atoms with Crippen molar-refractivity contribution < 1.29 is 9.53 Å². The fourth-order valence-corrected chi connectivity index (χ4v) is 3.48. The van der Waals surface area contributed by atoms with Gasteiger partial charge in [-0.3, -0.25) is 9.36 Å². The largest absolute Gasteiger partial charge is 0.493 e. The molecule has 1 aromatic heterocycles. The summed E-state index contributed by atoms with van der Waals surface area (Å²) in [5, 5.41) is 0. The molecule has 1 saturated heterocycles. The molecule has 1 aromatic carbocycles. The molecule has 0 N–H and O–H groups in total. The Labute approximate surface area is 159 Å². The maximum absolute atomic E-state index is 12.7. The first-order chi connectivity index (χ1) is 12.9. The second-order valence-electron chi connectivity index (χ2n) is 7.38. The van der Waals surface area contributed by atoms with E-state index in [4.69, 9.17) is 4.74 Å². The number of carbonyl (C=O) groups excluding carboxylic acids is 1. The first-order valence-electron chi connectivity index (χ1n) is 9.44. The van der Waals surface area contributed by atoms with Gasteiger partial charge in [-0.05, 0) is 51.8 Å². The standard InChI is InChI=1S/C21H27N3O3/c1-15-6-8-19(9-7-15)27-14-18-5-4-10-23(12-18)20(25)13-24-17(3)11-16(2)22-21(24)26/h6-9,11,18H,4-5,10,12-14H2,1-3H3/t18-/m1/s1. The Bertz CT molecular complexity index is 858. The highest BCUT2D eigenvalue weighted by Gasteiger charge is 2.24. The van der Waals surface area contributed by atoms with Gasteiger partial charge in [0.15, 0.2) is 0 Å². The van der Waals surface area contributed by atoms with Gasteiger partial charge in [0.05, 0.1) is 6.61 Å². The monoisotopic (exact) mass is 369 g/mol. The fraction of sp³-hybridized carbons (Fsp3) is 0.476. The third-order valence-corrected chi connectivity index (χ3v) is 5.02. The number of carbonyl (C=O) groups is 1. The van der Waals surface area contributed by atoms with Crippen LogP contribution in [-0.4, -0.2) is 40.1 Å². The fourth-order valence-electron chi connectivity index (χ4n) is 3.48. The van der Waals surface area contributed by atoms with Gasteiger partial charge in [0.2, 0.25) is 5.91 Å². The van der Waals surface area contributed by atoms with E-state index in [2.05, 4.69) is 4.98 Å². The molecule has 1 amide bonds. The summed E-state index contributed by atoms with van der Waals surface area (Å²) >= 11 is 0. The van der Waals surface area contributed by atoms with Crippen LogP contribution < -0.4 is 10.4 Å². The predicted octanol–water partition coefficient (Wildman–Crippen LogP) is 2.49. The third kappa shape index (κ3) is 4.96. The van der Waals surface area contributed by atoms with E-state index in [1.54, 1.807) is 6.92 Å². The number of amides is 1. The second-order valence-corrected chi connectivity index (χ2v) is 7.38. The SMILES string of the molecule is Cc1ccc(OC[C@@H]2CCCN(C(=O)Cn3c(C)cc(C)nc3=O)C2)cc1. The number of aromatic nitrogens is 2. The van der Waals surface area contributed by atoms with Gasteiger partial charge in [0.25, 0.3) is 0 Å². The smallest absolute Gasteiger partial charge is 0.348 e. The number of rotatable bonds is 5. The maximum atomic E-state index is 12.7. The van der Waals surface area contributed by atoms with Crippen molar-refractivity contribution in [3.63, 3.8) is 0 Å². The van der Waals surface area contributed by atoms with Crippen LogP contribution in [0, 0.1) is 26.7 Å². The van der Waals surface area contributed by atoms with Crippen LogP contribution in [0.4, 0.5) is 0 Å². The minimum atomic E-state index is -0.364. The molecule has 0 radical (unpaired) electrons. The van der Waals surface area contributed by atoms with Crippen molar-refractivity contribution >= 4 is 5.91 Å². The summed E-state index contributed by atoms with van der Waals surface area (Å²) in [6.45, 7) is 7.69. The number of piperidine rings is 1. The minimum absolute atomic E-state index is 0.0362. The summed E-state index contributed by atoms with van der Waals surface area (Å²) in [5.41, 5.74) is 2.27. The lowest BCUT2D eigenvalue weighted by atomic mass is 9.99. The summed E-state index contributed by atoms with van der Waals surface area (Å²) in [7, 11) is 0. The normalized spacial score (nSPS) is 17.0. The lowest BCUT2D eigenvalue weighted by molar-refractivity contribution is -0.134. The second kappa shape index (κ2) is 8.37. The number of aryl methyl sites for hydroxylation is 3. The molecule has 0 bridgehead atoms. The topological polar surface area (TPSA) is 64.4 Å². The number of benzene rings is 1. The Morgan fingerprint density at radius 1 is 1.22 bits per heavy atom. The molecule has 27 heavy (non-hydrogen) atoms. The van der Waals surface area contributed by atoms with Crippen molar-refractivity contribution in [1.29, 1.82) is 0 Å². The molecule has 3 rings (SSSR count). The summed E-state index contributed by atoms with van der Waals surface area (Å²) < 4.78 is 7.34. The summed E-state index contributed by atoms with van der Waals surface area (Å²) in [6, 6.07) is 9.83. The maximum Gasteiger partial charge on any atom is 0.348 e. The van der Waals surface area contributed by atoms with Crippen LogP contribution >= 0.6 is 0 Å². The number of ether oxygens (including phenoxy) is 1. The van der Waals surface area contributed by atoms with E-state index in [1.165, 1.54) is 10.1 Å². The van der Waals surface area contributed by atoms with Gasteiger partial charge in [-0.1, -0.05) is 17.7 Å². The molecule has 1 aliphatic heterocycles. The Morgan fingerprint density at radius 3 is 2.67 bits per heavy atom. The summed E-state index contributed by atoms with van der Waals surface area (Å²) in [6.07, 6.45) is 1.99. The Kier molecular flexibility index (Phi) is 5.94. The van der Waals surface area contributed by atoms with Crippen molar-refractivity contribution in [1.82, 2.24) is 14.5 Å². The minimum Gasteiger partial charge on any atom is -0.493 e. The van der Waals surface area contributed by atoms with Gasteiger partial charge in [-0.15, -0.1) is 0 Å². The van der Waals surface area contributed by atoms with Crippen LogP contribution in [0.1, 0.15) is 29.8 Å². The van der Waals surface area contributed by atoms with E-state index in [9.17, 15) is 9.59 Å². The van der Waals surface area contributed by atoms with Crippen molar-refractivity contribution in [2.75, 3.05) is 19.7 Å². The molecule has 1 aliphatic rings. The molecule has 2 heterocycles. The van der Waals surface area contributed by atoms with Crippen LogP contribution in [0.3, 0.4) is 0 Å². The van der Waals surface area contributed by atoms with Gasteiger partial charge >= 0.3 is 5.69 Å². The number of hydrogen-bond acceptors (Lipinski definition) is 4. The first kappa shape index (κ1) is 19.1. The van der Waals surface area contributed by atoms with Crippen molar-refractivity contribution in [2.24, 2.45) is 5.92 Å². The molecule has 1 atom stereocenters. The van der Waals surface area contributed by atoms with Crippen LogP contribution in [0.2, 0.25) is 0 Å². The molecule has 6 heteroatoms. The van der Waals surface area contributed by atoms with Crippen molar-refractivity contribution in [2.45, 2.75) is 40.2 Å². The van der Waals surface area contributed by atoms with Crippen molar-refractivity contribution in [3.8, 4) is 5.75 Å². The van der Waals surface area contributed by atoms with Gasteiger partial charge in [0, 0.05) is 30.4 Å². The lowest BCUT2D eigenvalue weighted by Crippen LogP contribution is -2.44. The van der Waals surface area contributed by atoms with Crippen LogP contribution in [-0.2, 0) is 11.3 Å². The molecular weight excluding hydrogens is 342 g/mol. The van der Waals surface area contributed by atoms with Crippen LogP contribution in [0.15, 0.2) is 35.1 Å². The number of nitrogens with zero attached hydrogens (tertiary/aromatic N) is 3. The van der Waals surface area contributed by atoms with Crippen LogP contribution in [0.25, 0.3) is 0 Å². The highest BCUT2D eigenvalue weighted by Crippen LogP contribution is 2.19. The number of hydrogen-bond donors (Lipinski definition) is 0. The van der Waals surface area contributed by atoms with Gasteiger partial charge in [-0.25, -0.2) is 4.79 Å². The molecule has 6 nitrogen and oxygen atoms in total. The van der Waals surface area contributed by atoms with Crippen LogP contribution in [0.5, 0.6) is 5.75 Å². The van der Waals surface area contributed by atoms with Gasteiger partial charge in [0.1, 0.15) is 12.3 Å². The quantitative estimate of drug-likeness (QED) is 0.812. The zero-order valence-corrected chi connectivity index (χ0v) is 16.3. The average molecular weight is 369 g/mol. The predicted molar refractivity (Wildman–Crippen MR) is 104 cm³/mol. The van der Waals surface area contributed by atoms with Gasteiger partial charge in [-0.2, -0.15) is 4.98 Å². The van der Waals surface area contributed by atoms with Crippen molar-refractivity contribution in [3.05, 3.63) is 57.8 Å². The molecule has 0 unspecified atom stereocenters. The third-order valence-electron chi connectivity index (χ3n) is 5.02. The van der Waals surface area contributed by atoms with E-state index in [0.717, 1.165) is 30.8 Å². The van der Waals surface area contributed by atoms with E-state index >= 15 is 0 Å². The average Bonchev–Trinajstić information content (AvgIpc) is 2.64. The molecule has 1 fully saturated rings. The Hall–Kier alpha value is -2.63. The molecular formula is C21H27N3O3. The van der Waals surface area contributed by atoms with E-state index in [0.29, 0.717) is 24.8 Å². The molecule has 0 aliphatic carbocycles.